The molecule has 3 amide bonds. The monoisotopic (exact) mass is 1530 g/mol. The van der Waals surface area contributed by atoms with Crippen LogP contribution >= 0.6 is 34.8 Å². The van der Waals surface area contributed by atoms with Gasteiger partial charge in [0.25, 0.3) is 0 Å². The van der Waals surface area contributed by atoms with Crippen LogP contribution in [0.4, 0.5) is 0 Å². The zero-order chi connectivity index (χ0) is 78.2. The number of amides is 3. The van der Waals surface area contributed by atoms with Crippen molar-refractivity contribution in [3.05, 3.63) is 138 Å². The molecule has 16 rings (SSSR count). The summed E-state index contributed by atoms with van der Waals surface area (Å²) in [5.74, 6) is -0.152. The van der Waals surface area contributed by atoms with Crippen molar-refractivity contribution < 1.29 is 58.3 Å². The molecule has 18 heteroatoms. The molecule has 10 fully saturated rings. The van der Waals surface area contributed by atoms with E-state index in [0.29, 0.717) is 101 Å². The smallest absolute Gasteiger partial charge is 0.310 e. The number of halogens is 3. The van der Waals surface area contributed by atoms with E-state index in [0.717, 1.165) is 123 Å². The summed E-state index contributed by atoms with van der Waals surface area (Å²) < 4.78 is 16.5. The average molecular weight is 1530 g/mol. The summed E-state index contributed by atoms with van der Waals surface area (Å²) in [6.45, 7) is 32.7. The van der Waals surface area contributed by atoms with Crippen LogP contribution < -0.4 is 0 Å². The molecule has 3 aromatic carbocycles. The van der Waals surface area contributed by atoms with Gasteiger partial charge in [0.2, 0.25) is 17.7 Å². The molecule has 3 N–H and O–H groups in total. The van der Waals surface area contributed by atoms with Crippen LogP contribution in [0.2, 0.25) is 15.1 Å². The van der Waals surface area contributed by atoms with Gasteiger partial charge in [-0.3, -0.25) is 28.8 Å². The third-order valence-corrected chi connectivity index (χ3v) is 29.9. The highest BCUT2D eigenvalue weighted by molar-refractivity contribution is 6.32. The Balaban J connectivity index is 0.000000150. The lowest BCUT2D eigenvalue weighted by Gasteiger charge is -2.53. The van der Waals surface area contributed by atoms with Gasteiger partial charge in [-0.1, -0.05) is 168 Å². The van der Waals surface area contributed by atoms with Gasteiger partial charge >= 0.3 is 17.9 Å². The Morgan fingerprint density at radius 3 is 1.36 bits per heavy atom. The molecule has 0 radical (unpaired) electrons. The van der Waals surface area contributed by atoms with Crippen LogP contribution in [0.1, 0.15) is 258 Å². The van der Waals surface area contributed by atoms with Crippen LogP contribution in [0.3, 0.4) is 0 Å². The zero-order valence-corrected chi connectivity index (χ0v) is 69.1. The van der Waals surface area contributed by atoms with Gasteiger partial charge in [-0.05, 0) is 223 Å². The van der Waals surface area contributed by atoms with Crippen LogP contribution in [0.5, 0.6) is 0 Å². The predicted octanol–water partition coefficient (Wildman–Crippen LogP) is 19.3. The summed E-state index contributed by atoms with van der Waals surface area (Å²) in [4.78, 5) is 82.3. The van der Waals surface area contributed by atoms with Crippen LogP contribution in [0, 0.1) is 61.6 Å². The Labute approximate surface area is 651 Å². The van der Waals surface area contributed by atoms with Crippen molar-refractivity contribution in [2.75, 3.05) is 41.2 Å². The highest BCUT2D eigenvalue weighted by Crippen LogP contribution is 2.89. The maximum atomic E-state index is 13.7. The molecule has 1 spiro atoms. The van der Waals surface area contributed by atoms with Crippen LogP contribution in [-0.4, -0.2) is 124 Å². The maximum absolute atomic E-state index is 13.7. The molecule has 13 aliphatic rings. The zero-order valence-electron chi connectivity index (χ0n) is 66.9. The van der Waals surface area contributed by atoms with E-state index in [1.165, 1.54) is 18.4 Å². The van der Waals surface area contributed by atoms with Gasteiger partial charge in [-0.15, -0.1) is 0 Å². The molecule has 4 unspecified atom stereocenters. The summed E-state index contributed by atoms with van der Waals surface area (Å²) in [6, 6.07) is 19.0. The number of carboxylic acid groups (broad SMARTS) is 3. The van der Waals surface area contributed by atoms with Crippen LogP contribution in [0.25, 0.3) is 0 Å². The summed E-state index contributed by atoms with van der Waals surface area (Å²) in [5, 5.41) is 31.6. The van der Waals surface area contributed by atoms with Crippen molar-refractivity contribution in [1.29, 1.82) is 0 Å². The molecule has 584 valence electrons. The lowest BCUT2D eigenvalue weighted by molar-refractivity contribution is -0.161. The first-order valence-corrected chi connectivity index (χ1v) is 40.7. The van der Waals surface area contributed by atoms with Crippen molar-refractivity contribution in [3.8, 4) is 0 Å². The first-order valence-electron chi connectivity index (χ1n) is 39.5. The standard InChI is InChI=1S/C31H40ClNO4.2C29H40ClNO4/c1-28(2,3)21-10-18(11-21)22-7-6-19(12-24(22)32)29(4)15-26(34)33(16-20(29)8-9-37-5)25-14-31(27(35)36)17-30(31)13-23(25)30;2*1-19(16-35-6)22-15-31(29-12-11-28(17-29,18-29)25(33)34)24(32)14-27(22,5)21-8-7-20(23(30)13-21)9-10-26(2,3)4/h6-7,12,16,18,21,23,25H,8-11,13-15,17H2,1-5H3,(H,35,36);2*7-8,13,15,19H,9-12,14,16-18H2,1-6H3,(H,33,34)/t18?,21?,23?,25?,29-,30?,31?;19-,27+,28?,29?;19-,27-,28?,29?/m010/s1. The number of aryl methyl sites for hydroxylation is 2. The van der Waals surface area contributed by atoms with Gasteiger partial charge in [0, 0.05) is 126 Å². The Morgan fingerprint density at radius 1 is 0.542 bits per heavy atom. The van der Waals surface area contributed by atoms with Crippen LogP contribution in [-0.2, 0) is 72.1 Å². The fourth-order valence-corrected chi connectivity index (χ4v) is 22.6. The van der Waals surface area contributed by atoms with Gasteiger partial charge in [-0.2, -0.15) is 0 Å². The van der Waals surface area contributed by atoms with Crippen LogP contribution in [0.15, 0.2) is 89.9 Å². The van der Waals surface area contributed by atoms with Crippen molar-refractivity contribution in [2.24, 2.45) is 61.6 Å². The molecular weight excluding hydrogens is 1410 g/mol. The number of benzene rings is 3. The Bertz CT molecular complexity index is 3950. The second kappa shape index (κ2) is 28.6. The molecule has 3 aromatic rings. The number of carbonyl (C=O) groups is 6. The molecule has 10 aliphatic carbocycles. The third kappa shape index (κ3) is 14.5. The largest absolute Gasteiger partial charge is 0.481 e. The summed E-state index contributed by atoms with van der Waals surface area (Å²) in [7, 11) is 5.10. The van der Waals surface area contributed by atoms with E-state index in [1.807, 2.05) is 45.4 Å². The number of hydrogen-bond donors (Lipinski definition) is 3. The SMILES string of the molecule is COCCC1=CN(C2CC3(C(=O)O)CC34CC24)C(=O)C[C@@]1(C)c1ccc(C2CC(C(C)(C)C)C2)c(Cl)c1.COC[C@@H](C)C1=CN(C23CCC(C(=O)O)(C2)C3)C(=O)C[C@@]1(C)c1ccc(CCC(C)(C)C)c(Cl)c1.COC[C@H](C)C1=CN(C23CCC(C(=O)O)(C2)C3)C(=O)C[C@@]1(C)c1ccc(CCC(C)(C)C)c(Cl)c1. The molecule has 9 atom stereocenters. The molecule has 3 heterocycles. The van der Waals surface area contributed by atoms with Gasteiger partial charge in [0.15, 0.2) is 0 Å². The molecule has 0 saturated heterocycles. The van der Waals surface area contributed by atoms with E-state index in [2.05, 4.69) is 139 Å². The van der Waals surface area contributed by atoms with Gasteiger partial charge < -0.3 is 44.2 Å². The fraction of sp³-hybridized carbons (Fsp3) is 0.663. The summed E-state index contributed by atoms with van der Waals surface area (Å²) >= 11 is 20.4. The van der Waals surface area contributed by atoms with Crippen molar-refractivity contribution in [2.45, 2.75) is 271 Å². The second-order valence-corrected chi connectivity index (χ2v) is 40.7. The molecule has 4 bridgehead atoms. The lowest BCUT2D eigenvalue weighted by Crippen LogP contribution is -2.60. The Hall–Kier alpha value is -5.55. The lowest BCUT2D eigenvalue weighted by atomic mass is 9.61. The average Bonchev–Trinajstić information content (AvgIpc) is 1.44. The normalized spacial score (nSPS) is 34.3. The van der Waals surface area contributed by atoms with E-state index in [-0.39, 0.29) is 62.9 Å². The van der Waals surface area contributed by atoms with E-state index >= 15 is 0 Å². The molecular formula is C89H120Cl3N3O12. The predicted molar refractivity (Wildman–Crippen MR) is 420 cm³/mol. The molecule has 107 heavy (non-hydrogen) atoms. The van der Waals surface area contributed by atoms with Crippen molar-refractivity contribution in [3.63, 3.8) is 0 Å². The third-order valence-electron chi connectivity index (χ3n) is 28.8. The highest BCUT2D eigenvalue weighted by atomic mass is 35.5. The van der Waals surface area contributed by atoms with Gasteiger partial charge in [-0.25, -0.2) is 0 Å². The topological polar surface area (TPSA) is 201 Å². The number of hydrogen-bond acceptors (Lipinski definition) is 9. The number of carbonyl (C=O) groups excluding carboxylic acids is 3. The second-order valence-electron chi connectivity index (χ2n) is 39.5. The molecule has 0 aromatic heterocycles. The molecule has 3 aliphatic heterocycles. The molecule has 15 nitrogen and oxygen atoms in total. The minimum absolute atomic E-state index is 0.000197. The Kier molecular flexibility index (Phi) is 21.6. The number of ether oxygens (including phenoxy) is 3. The fourth-order valence-electron chi connectivity index (χ4n) is 21.7. The van der Waals surface area contributed by atoms with E-state index < -0.39 is 50.4 Å². The maximum Gasteiger partial charge on any atom is 0.310 e. The van der Waals surface area contributed by atoms with Crippen molar-refractivity contribution in [1.82, 2.24) is 14.7 Å². The minimum atomic E-state index is -0.724. The number of fused-ring (bicyclic) bond motifs is 2. The summed E-state index contributed by atoms with van der Waals surface area (Å²) in [5.41, 5.74) is 6.79. The van der Waals surface area contributed by atoms with E-state index in [9.17, 15) is 44.1 Å². The van der Waals surface area contributed by atoms with Crippen molar-refractivity contribution >= 4 is 70.4 Å². The number of methoxy groups -OCH3 is 3. The van der Waals surface area contributed by atoms with Gasteiger partial charge in [0.1, 0.15) is 0 Å². The Morgan fingerprint density at radius 2 is 0.981 bits per heavy atom. The van der Waals surface area contributed by atoms with Gasteiger partial charge in [0.05, 0.1) is 29.5 Å². The summed E-state index contributed by atoms with van der Waals surface area (Å²) in [6.07, 6.45) is 21.5. The number of aliphatic carboxylic acids is 3. The van der Waals surface area contributed by atoms with E-state index in [4.69, 9.17) is 49.0 Å². The number of carboxylic acids is 3. The van der Waals surface area contributed by atoms with E-state index in [1.54, 1.807) is 21.3 Å². The minimum Gasteiger partial charge on any atom is -0.481 e. The number of rotatable bonds is 23. The molecule has 10 saturated carbocycles. The highest BCUT2D eigenvalue weighted by Gasteiger charge is 2.89. The first kappa shape index (κ1) is 81.0. The number of nitrogens with zero attached hydrogens (tertiary/aromatic N) is 3. The first-order chi connectivity index (χ1) is 49.9. The quantitative estimate of drug-likeness (QED) is 0.0812.